The molecule has 0 aliphatic heterocycles. The minimum atomic E-state index is 0.345. The number of hydrogen-bond acceptors (Lipinski definition) is 4. The molecule has 0 saturated heterocycles. The number of nitrogens with zero attached hydrogens (tertiary/aromatic N) is 1. The summed E-state index contributed by atoms with van der Waals surface area (Å²) in [6, 6.07) is 11.6. The highest BCUT2D eigenvalue weighted by molar-refractivity contribution is 5.65. The van der Waals surface area contributed by atoms with Crippen LogP contribution in [-0.4, -0.2) is 4.98 Å². The first-order valence-corrected chi connectivity index (χ1v) is 5.01. The maximum atomic E-state index is 5.62. The fourth-order valence-electron chi connectivity index (χ4n) is 1.34. The fraction of sp³-hybridized carbons (Fsp3) is 0.0833. The van der Waals surface area contributed by atoms with Gasteiger partial charge in [0.1, 0.15) is 11.6 Å². The first-order chi connectivity index (χ1) is 7.65. The Morgan fingerprint density at radius 3 is 2.31 bits per heavy atom. The number of anilines is 4. The number of pyridine rings is 1. The number of aromatic nitrogens is 1. The zero-order valence-electron chi connectivity index (χ0n) is 9.07. The van der Waals surface area contributed by atoms with Crippen LogP contribution in [0.25, 0.3) is 0 Å². The van der Waals surface area contributed by atoms with E-state index < -0.39 is 0 Å². The minimum absolute atomic E-state index is 0.345. The number of nitrogens with one attached hydrogen (secondary N) is 1. The van der Waals surface area contributed by atoms with Gasteiger partial charge in [0.05, 0.1) is 5.69 Å². The Morgan fingerprint density at radius 2 is 1.69 bits per heavy atom. The standard InChI is InChI=1S/C12H14N4/c1-8-2-4-9(5-3-8)15-11-7-6-10(13)12(14)16-11/h2-7H,13H2,1H3,(H3,14,15,16). The lowest BCUT2D eigenvalue weighted by atomic mass is 10.2. The van der Waals surface area contributed by atoms with E-state index >= 15 is 0 Å². The van der Waals surface area contributed by atoms with E-state index in [-0.39, 0.29) is 0 Å². The van der Waals surface area contributed by atoms with E-state index in [1.54, 1.807) is 12.1 Å². The Hall–Kier alpha value is -2.23. The largest absolute Gasteiger partial charge is 0.396 e. The molecule has 5 N–H and O–H groups in total. The van der Waals surface area contributed by atoms with Crippen LogP contribution >= 0.6 is 0 Å². The summed E-state index contributed by atoms with van der Waals surface area (Å²) in [5.74, 6) is 1.03. The highest BCUT2D eigenvalue weighted by Crippen LogP contribution is 2.19. The van der Waals surface area contributed by atoms with Crippen LogP contribution in [0.2, 0.25) is 0 Å². The topological polar surface area (TPSA) is 77.0 Å². The summed E-state index contributed by atoms with van der Waals surface area (Å²) < 4.78 is 0. The van der Waals surface area contributed by atoms with Gasteiger partial charge in [-0.15, -0.1) is 0 Å². The molecular formula is C12H14N4. The van der Waals surface area contributed by atoms with Gasteiger partial charge in [0.25, 0.3) is 0 Å². The zero-order valence-corrected chi connectivity index (χ0v) is 9.07. The highest BCUT2D eigenvalue weighted by atomic mass is 15.0. The second kappa shape index (κ2) is 4.10. The Bertz CT molecular complexity index is 491. The molecule has 4 nitrogen and oxygen atoms in total. The Morgan fingerprint density at radius 1 is 1.00 bits per heavy atom. The fourth-order valence-corrected chi connectivity index (χ4v) is 1.34. The van der Waals surface area contributed by atoms with Crippen molar-refractivity contribution in [2.45, 2.75) is 6.92 Å². The van der Waals surface area contributed by atoms with Crippen molar-refractivity contribution < 1.29 is 0 Å². The lowest BCUT2D eigenvalue weighted by molar-refractivity contribution is 1.31. The summed E-state index contributed by atoms with van der Waals surface area (Å²) in [5, 5.41) is 3.15. The van der Waals surface area contributed by atoms with Crippen LogP contribution in [0, 0.1) is 6.92 Å². The number of hydrogen-bond donors (Lipinski definition) is 3. The lowest BCUT2D eigenvalue weighted by Gasteiger charge is -2.07. The molecule has 0 unspecified atom stereocenters. The molecular weight excluding hydrogens is 200 g/mol. The van der Waals surface area contributed by atoms with Gasteiger partial charge in [0, 0.05) is 5.69 Å². The quantitative estimate of drug-likeness (QED) is 0.716. The molecule has 0 atom stereocenters. The number of nitrogen functional groups attached to an aromatic ring is 2. The van der Waals surface area contributed by atoms with E-state index in [9.17, 15) is 0 Å². The molecule has 0 amide bonds. The van der Waals surface area contributed by atoms with E-state index in [1.807, 2.05) is 31.2 Å². The van der Waals surface area contributed by atoms with Gasteiger partial charge in [-0.25, -0.2) is 4.98 Å². The van der Waals surface area contributed by atoms with Crippen molar-refractivity contribution in [1.29, 1.82) is 0 Å². The molecule has 4 heteroatoms. The van der Waals surface area contributed by atoms with Crippen molar-refractivity contribution in [3.63, 3.8) is 0 Å². The average Bonchev–Trinajstić information content (AvgIpc) is 2.27. The zero-order chi connectivity index (χ0) is 11.5. The molecule has 0 fully saturated rings. The van der Waals surface area contributed by atoms with Gasteiger partial charge in [0.2, 0.25) is 0 Å². The Balaban J connectivity index is 2.20. The van der Waals surface area contributed by atoms with E-state index in [0.717, 1.165) is 5.69 Å². The maximum absolute atomic E-state index is 5.62. The van der Waals surface area contributed by atoms with Crippen molar-refractivity contribution >= 4 is 23.0 Å². The van der Waals surface area contributed by atoms with Crippen LogP contribution in [0.1, 0.15) is 5.56 Å². The SMILES string of the molecule is Cc1ccc(Nc2ccc(N)c(N)n2)cc1. The van der Waals surface area contributed by atoms with Gasteiger partial charge in [-0.05, 0) is 31.2 Å². The molecule has 2 rings (SSSR count). The van der Waals surface area contributed by atoms with Crippen LogP contribution in [-0.2, 0) is 0 Å². The molecule has 0 radical (unpaired) electrons. The summed E-state index contributed by atoms with van der Waals surface area (Å²) in [6.45, 7) is 2.04. The van der Waals surface area contributed by atoms with Crippen LogP contribution in [0.3, 0.4) is 0 Å². The first-order valence-electron chi connectivity index (χ1n) is 5.01. The van der Waals surface area contributed by atoms with Crippen molar-refractivity contribution in [1.82, 2.24) is 4.98 Å². The smallest absolute Gasteiger partial charge is 0.149 e. The van der Waals surface area contributed by atoms with Gasteiger partial charge >= 0.3 is 0 Å². The predicted octanol–water partition coefficient (Wildman–Crippen LogP) is 2.30. The van der Waals surface area contributed by atoms with Gasteiger partial charge in [-0.3, -0.25) is 0 Å². The van der Waals surface area contributed by atoms with Gasteiger partial charge in [-0.2, -0.15) is 0 Å². The van der Waals surface area contributed by atoms with Crippen LogP contribution in [0.5, 0.6) is 0 Å². The van der Waals surface area contributed by atoms with Gasteiger partial charge in [0.15, 0.2) is 0 Å². The highest BCUT2D eigenvalue weighted by Gasteiger charge is 1.99. The van der Waals surface area contributed by atoms with E-state index in [4.69, 9.17) is 11.5 Å². The molecule has 1 heterocycles. The second-order valence-electron chi connectivity index (χ2n) is 3.66. The van der Waals surface area contributed by atoms with E-state index in [1.165, 1.54) is 5.56 Å². The third-order valence-electron chi connectivity index (χ3n) is 2.28. The molecule has 0 aliphatic carbocycles. The van der Waals surface area contributed by atoms with Crippen LogP contribution < -0.4 is 16.8 Å². The summed E-state index contributed by atoms with van der Waals surface area (Å²) in [4.78, 5) is 4.13. The summed E-state index contributed by atoms with van der Waals surface area (Å²) >= 11 is 0. The normalized spacial score (nSPS) is 10.1. The number of nitrogens with two attached hydrogens (primary N) is 2. The third kappa shape index (κ3) is 2.23. The molecule has 1 aromatic carbocycles. The summed E-state index contributed by atoms with van der Waals surface area (Å²) in [5.41, 5.74) is 13.9. The van der Waals surface area contributed by atoms with Crippen molar-refractivity contribution in [3.05, 3.63) is 42.0 Å². The second-order valence-corrected chi connectivity index (χ2v) is 3.66. The maximum Gasteiger partial charge on any atom is 0.149 e. The number of rotatable bonds is 2. The molecule has 0 aliphatic rings. The van der Waals surface area contributed by atoms with Crippen molar-refractivity contribution in [3.8, 4) is 0 Å². The summed E-state index contributed by atoms with van der Waals surface area (Å²) in [7, 11) is 0. The third-order valence-corrected chi connectivity index (χ3v) is 2.28. The molecule has 16 heavy (non-hydrogen) atoms. The van der Waals surface area contributed by atoms with Crippen molar-refractivity contribution in [2.24, 2.45) is 0 Å². The van der Waals surface area contributed by atoms with E-state index in [2.05, 4.69) is 10.3 Å². The van der Waals surface area contributed by atoms with Gasteiger partial charge in [-0.1, -0.05) is 17.7 Å². The first kappa shape index (κ1) is 10.3. The number of aryl methyl sites for hydroxylation is 1. The molecule has 82 valence electrons. The number of benzene rings is 1. The van der Waals surface area contributed by atoms with Crippen molar-refractivity contribution in [2.75, 3.05) is 16.8 Å². The predicted molar refractivity (Wildman–Crippen MR) is 67.5 cm³/mol. The molecule has 0 saturated carbocycles. The van der Waals surface area contributed by atoms with Crippen LogP contribution in [0.15, 0.2) is 36.4 Å². The Kier molecular flexibility index (Phi) is 2.64. The molecule has 1 aromatic heterocycles. The van der Waals surface area contributed by atoms with Crippen LogP contribution in [0.4, 0.5) is 23.0 Å². The van der Waals surface area contributed by atoms with Gasteiger partial charge < -0.3 is 16.8 Å². The average molecular weight is 214 g/mol. The Labute approximate surface area is 94.3 Å². The van der Waals surface area contributed by atoms with E-state index in [0.29, 0.717) is 17.3 Å². The minimum Gasteiger partial charge on any atom is -0.396 e. The molecule has 0 spiro atoms. The lowest BCUT2D eigenvalue weighted by Crippen LogP contribution is -2.00. The molecule has 2 aromatic rings. The monoisotopic (exact) mass is 214 g/mol. The summed E-state index contributed by atoms with van der Waals surface area (Å²) in [6.07, 6.45) is 0. The molecule has 0 bridgehead atoms.